The number of aryl methyl sites for hydroxylation is 1. The molecule has 0 aliphatic carbocycles. The van der Waals surface area contributed by atoms with Crippen LogP contribution in [0.3, 0.4) is 0 Å². The van der Waals surface area contributed by atoms with E-state index in [0.29, 0.717) is 0 Å². The normalized spacial score (nSPS) is 15.9. The van der Waals surface area contributed by atoms with Gasteiger partial charge in [-0.2, -0.15) is 5.10 Å². The van der Waals surface area contributed by atoms with E-state index in [4.69, 9.17) is 4.74 Å². The zero-order chi connectivity index (χ0) is 9.97. The van der Waals surface area contributed by atoms with Crippen molar-refractivity contribution in [1.29, 1.82) is 0 Å². The summed E-state index contributed by atoms with van der Waals surface area (Å²) >= 11 is 0. The van der Waals surface area contributed by atoms with E-state index in [2.05, 4.69) is 24.0 Å². The van der Waals surface area contributed by atoms with E-state index < -0.39 is 0 Å². The third-order valence-corrected chi connectivity index (χ3v) is 2.74. The van der Waals surface area contributed by atoms with E-state index in [1.165, 1.54) is 23.4 Å². The fourth-order valence-corrected chi connectivity index (χ4v) is 1.80. The van der Waals surface area contributed by atoms with Gasteiger partial charge in [-0.1, -0.05) is 13.8 Å². The van der Waals surface area contributed by atoms with Crippen LogP contribution < -0.4 is 0 Å². The maximum Gasteiger partial charge on any atom is 0.0753 e. The van der Waals surface area contributed by atoms with Crippen LogP contribution in [0.2, 0.25) is 0 Å². The molecule has 14 heavy (non-hydrogen) atoms. The van der Waals surface area contributed by atoms with Gasteiger partial charge in [-0.25, -0.2) is 0 Å². The van der Waals surface area contributed by atoms with Crippen LogP contribution in [-0.2, 0) is 24.2 Å². The van der Waals surface area contributed by atoms with Crippen molar-refractivity contribution < 1.29 is 4.74 Å². The minimum Gasteiger partial charge on any atom is -0.376 e. The van der Waals surface area contributed by atoms with Crippen molar-refractivity contribution in [3.63, 3.8) is 0 Å². The van der Waals surface area contributed by atoms with Gasteiger partial charge < -0.3 is 4.74 Å². The molecule has 3 nitrogen and oxygen atoms in total. The first-order chi connectivity index (χ1) is 6.77. The van der Waals surface area contributed by atoms with Gasteiger partial charge in [0, 0.05) is 17.7 Å². The summed E-state index contributed by atoms with van der Waals surface area (Å²) in [7, 11) is 0. The highest BCUT2D eigenvalue weighted by atomic mass is 16.5. The molecule has 0 amide bonds. The van der Waals surface area contributed by atoms with Crippen LogP contribution in [0.4, 0.5) is 0 Å². The summed E-state index contributed by atoms with van der Waals surface area (Å²) in [6.45, 7) is 6.07. The zero-order valence-corrected chi connectivity index (χ0v) is 8.97. The van der Waals surface area contributed by atoms with Crippen molar-refractivity contribution in [3.8, 4) is 0 Å². The lowest BCUT2D eigenvalue weighted by Gasteiger charge is -2.12. The number of aromatic amines is 1. The third kappa shape index (κ3) is 1.98. The van der Waals surface area contributed by atoms with E-state index in [9.17, 15) is 0 Å². The van der Waals surface area contributed by atoms with Crippen LogP contribution in [-0.4, -0.2) is 16.8 Å². The Labute approximate surface area is 84.9 Å². The van der Waals surface area contributed by atoms with Gasteiger partial charge >= 0.3 is 0 Å². The molecular formula is C11H18N2O. The second kappa shape index (κ2) is 4.13. The molecule has 1 N–H and O–H groups in total. The monoisotopic (exact) mass is 194 g/mol. The molecule has 1 aromatic rings. The number of nitrogens with one attached hydrogen (secondary N) is 1. The van der Waals surface area contributed by atoms with E-state index in [1.807, 2.05) is 0 Å². The average Bonchev–Trinajstić information content (AvgIpc) is 2.58. The number of fused-ring (bicyclic) bond motifs is 1. The molecule has 0 unspecified atom stereocenters. The van der Waals surface area contributed by atoms with Crippen molar-refractivity contribution in [2.24, 2.45) is 5.92 Å². The number of rotatable bonds is 3. The van der Waals surface area contributed by atoms with Crippen molar-refractivity contribution >= 4 is 0 Å². The highest BCUT2D eigenvalue weighted by Gasteiger charge is 2.16. The second-order valence-electron chi connectivity index (χ2n) is 4.36. The molecule has 0 aromatic carbocycles. The first kappa shape index (κ1) is 9.71. The molecule has 0 saturated carbocycles. The number of hydrogen-bond acceptors (Lipinski definition) is 2. The quantitative estimate of drug-likeness (QED) is 0.800. The number of H-pyrrole nitrogens is 1. The van der Waals surface area contributed by atoms with Crippen LogP contribution >= 0.6 is 0 Å². The molecule has 0 bridgehead atoms. The molecule has 2 rings (SSSR count). The van der Waals surface area contributed by atoms with Crippen molar-refractivity contribution in [2.75, 3.05) is 6.61 Å². The number of ether oxygens (including phenoxy) is 1. The van der Waals surface area contributed by atoms with Crippen LogP contribution in [0, 0.1) is 5.92 Å². The smallest absolute Gasteiger partial charge is 0.0753 e. The Kier molecular flexibility index (Phi) is 2.87. The Bertz CT molecular complexity index is 304. The Morgan fingerprint density at radius 1 is 1.50 bits per heavy atom. The maximum absolute atomic E-state index is 5.44. The minimum atomic E-state index is 0.742. The number of hydrogen-bond donors (Lipinski definition) is 1. The fraction of sp³-hybridized carbons (Fsp3) is 0.727. The van der Waals surface area contributed by atoms with Gasteiger partial charge in [-0.3, -0.25) is 5.10 Å². The summed E-state index contributed by atoms with van der Waals surface area (Å²) < 4.78 is 5.44. The molecule has 0 radical (unpaired) electrons. The average molecular weight is 194 g/mol. The maximum atomic E-state index is 5.44. The van der Waals surface area contributed by atoms with E-state index >= 15 is 0 Å². The first-order valence-electron chi connectivity index (χ1n) is 5.40. The van der Waals surface area contributed by atoms with E-state index in [0.717, 1.165) is 32.0 Å². The second-order valence-corrected chi connectivity index (χ2v) is 4.36. The molecule has 0 atom stereocenters. The molecule has 2 heterocycles. The summed E-state index contributed by atoms with van der Waals surface area (Å²) in [5, 5.41) is 7.48. The topological polar surface area (TPSA) is 37.9 Å². The van der Waals surface area contributed by atoms with Crippen molar-refractivity contribution in [1.82, 2.24) is 10.2 Å². The van der Waals surface area contributed by atoms with E-state index in [1.54, 1.807) is 0 Å². The minimum absolute atomic E-state index is 0.742. The Balaban J connectivity index is 2.06. The van der Waals surface area contributed by atoms with Crippen LogP contribution in [0.15, 0.2) is 0 Å². The summed E-state index contributed by atoms with van der Waals surface area (Å²) in [6, 6.07) is 0. The predicted molar refractivity (Wildman–Crippen MR) is 55.1 cm³/mol. The molecule has 78 valence electrons. The molecule has 1 aliphatic heterocycles. The summed E-state index contributed by atoms with van der Waals surface area (Å²) in [4.78, 5) is 0. The first-order valence-corrected chi connectivity index (χ1v) is 5.40. The largest absolute Gasteiger partial charge is 0.376 e. The summed E-state index contributed by atoms with van der Waals surface area (Å²) in [5.41, 5.74) is 3.82. The predicted octanol–water partition coefficient (Wildman–Crippen LogP) is 2.07. The lowest BCUT2D eigenvalue weighted by atomic mass is 10.0. The van der Waals surface area contributed by atoms with Crippen LogP contribution in [0.25, 0.3) is 0 Å². The highest BCUT2D eigenvalue weighted by molar-refractivity contribution is 5.26. The van der Waals surface area contributed by atoms with Gasteiger partial charge in [0.2, 0.25) is 0 Å². The molecule has 0 saturated heterocycles. The summed E-state index contributed by atoms with van der Waals surface area (Å²) in [5.74, 6) is 0.742. The third-order valence-electron chi connectivity index (χ3n) is 2.74. The summed E-state index contributed by atoms with van der Waals surface area (Å²) in [6.07, 6.45) is 3.27. The van der Waals surface area contributed by atoms with Gasteiger partial charge in [0.15, 0.2) is 0 Å². The Morgan fingerprint density at radius 2 is 2.36 bits per heavy atom. The molecule has 1 aliphatic rings. The Morgan fingerprint density at radius 3 is 3.14 bits per heavy atom. The molecule has 0 fully saturated rings. The van der Waals surface area contributed by atoms with Crippen LogP contribution in [0.5, 0.6) is 0 Å². The van der Waals surface area contributed by atoms with Crippen molar-refractivity contribution in [3.05, 3.63) is 17.0 Å². The van der Waals surface area contributed by atoms with Gasteiger partial charge in [0.1, 0.15) is 0 Å². The molecule has 3 heteroatoms. The van der Waals surface area contributed by atoms with Crippen molar-refractivity contribution in [2.45, 2.75) is 39.7 Å². The lowest BCUT2D eigenvalue weighted by molar-refractivity contribution is 0.109. The SMILES string of the molecule is CC(C)CCc1n[nH]c2c1COCC2. The molecule has 0 spiro atoms. The van der Waals surface area contributed by atoms with Gasteiger partial charge in [0.05, 0.1) is 18.9 Å². The fourth-order valence-electron chi connectivity index (χ4n) is 1.80. The molecule has 1 aromatic heterocycles. The highest BCUT2D eigenvalue weighted by Crippen LogP contribution is 2.20. The van der Waals surface area contributed by atoms with Gasteiger partial charge in [0.25, 0.3) is 0 Å². The standard InChI is InChI=1S/C11H18N2O/c1-8(2)3-4-10-9-7-14-6-5-11(9)13-12-10/h8H,3-7H2,1-2H3,(H,12,13). The van der Waals surface area contributed by atoms with Gasteiger partial charge in [-0.15, -0.1) is 0 Å². The van der Waals surface area contributed by atoms with E-state index in [-0.39, 0.29) is 0 Å². The zero-order valence-electron chi connectivity index (χ0n) is 8.97. The Hall–Kier alpha value is -0.830. The van der Waals surface area contributed by atoms with Crippen LogP contribution in [0.1, 0.15) is 37.2 Å². The molecular weight excluding hydrogens is 176 g/mol. The van der Waals surface area contributed by atoms with Gasteiger partial charge in [-0.05, 0) is 18.8 Å². The number of nitrogens with zero attached hydrogens (tertiary/aromatic N) is 1. The number of aromatic nitrogens is 2. The lowest BCUT2D eigenvalue weighted by Crippen LogP contribution is -2.10.